The highest BCUT2D eigenvalue weighted by Crippen LogP contribution is 2.00. The van der Waals surface area contributed by atoms with Crippen molar-refractivity contribution in [2.75, 3.05) is 13.3 Å². The lowest BCUT2D eigenvalue weighted by molar-refractivity contribution is -0.143. The van der Waals surface area contributed by atoms with E-state index < -0.39 is 33.9 Å². The maximum Gasteiger partial charge on any atom is 0.265 e. The zero-order valence-corrected chi connectivity index (χ0v) is 10.9. The molecule has 0 rings (SSSR count). The monoisotopic (exact) mass is 267 g/mol. The van der Waals surface area contributed by atoms with Crippen LogP contribution in [0.4, 0.5) is 0 Å². The summed E-state index contributed by atoms with van der Waals surface area (Å²) in [7, 11) is -2.16. The molecule has 0 aliphatic rings. The van der Waals surface area contributed by atoms with Crippen molar-refractivity contribution < 1.29 is 23.2 Å². The molecule has 0 aromatic rings. The molecule has 17 heavy (non-hydrogen) atoms. The molecule has 9 heteroatoms. The van der Waals surface area contributed by atoms with E-state index in [-0.39, 0.29) is 0 Å². The topological polar surface area (TPSA) is 116 Å². The van der Waals surface area contributed by atoms with Crippen LogP contribution in [-0.4, -0.2) is 55.7 Å². The Kier molecular flexibility index (Phi) is 5.52. The maximum absolute atomic E-state index is 11.7. The Morgan fingerprint density at radius 2 is 1.76 bits per heavy atom. The second kappa shape index (κ2) is 5.94. The first-order valence-corrected chi connectivity index (χ1v) is 6.67. The molecule has 0 fully saturated rings. The van der Waals surface area contributed by atoms with Crippen LogP contribution in [0.3, 0.4) is 0 Å². The number of likely N-dealkylation sites (N-methyl/N-ethyl adjacent to an activating group) is 1. The van der Waals surface area contributed by atoms with E-state index in [1.54, 1.807) is 0 Å². The van der Waals surface area contributed by atoms with Crippen molar-refractivity contribution in [3.8, 4) is 0 Å². The van der Waals surface area contributed by atoms with Crippen LogP contribution in [0.15, 0.2) is 0 Å². The van der Waals surface area contributed by atoms with Crippen LogP contribution in [0.25, 0.3) is 0 Å². The number of hydrogen-bond donors (Lipinski definition) is 3. The van der Waals surface area contributed by atoms with E-state index in [0.717, 1.165) is 11.2 Å². The SMILES string of the molecule is CC(NS(C)(=O)=O)C(=O)N(C)C(C)C(=O)NO. The molecule has 8 nitrogen and oxygen atoms in total. The average Bonchev–Trinajstić information content (AvgIpc) is 2.22. The first kappa shape index (κ1) is 15.8. The first-order chi connectivity index (χ1) is 7.60. The molecule has 3 N–H and O–H groups in total. The van der Waals surface area contributed by atoms with Crippen molar-refractivity contribution >= 4 is 21.8 Å². The minimum atomic E-state index is -3.50. The fraction of sp³-hybridized carbons (Fsp3) is 0.750. The molecule has 0 heterocycles. The van der Waals surface area contributed by atoms with E-state index in [1.165, 1.54) is 26.4 Å². The standard InChI is InChI=1S/C8H17N3O5S/c1-5(10-17(4,15)16)8(13)11(3)6(2)7(12)9-14/h5-6,10,14H,1-4H3,(H,9,12). The van der Waals surface area contributed by atoms with Crippen molar-refractivity contribution in [2.45, 2.75) is 25.9 Å². The zero-order chi connectivity index (χ0) is 13.8. The highest BCUT2D eigenvalue weighted by Gasteiger charge is 2.27. The third kappa shape index (κ3) is 5.11. The van der Waals surface area contributed by atoms with Gasteiger partial charge in [0.25, 0.3) is 5.91 Å². The van der Waals surface area contributed by atoms with Gasteiger partial charge >= 0.3 is 0 Å². The number of carbonyl (C=O) groups is 2. The number of sulfonamides is 1. The van der Waals surface area contributed by atoms with Gasteiger partial charge in [0.15, 0.2) is 0 Å². The zero-order valence-electron chi connectivity index (χ0n) is 10.1. The second-order valence-corrected chi connectivity index (χ2v) is 5.49. The van der Waals surface area contributed by atoms with Crippen LogP contribution in [0, 0.1) is 0 Å². The van der Waals surface area contributed by atoms with Gasteiger partial charge in [-0.3, -0.25) is 14.8 Å². The van der Waals surface area contributed by atoms with Crippen LogP contribution in [-0.2, 0) is 19.6 Å². The molecule has 0 aromatic carbocycles. The first-order valence-electron chi connectivity index (χ1n) is 4.78. The highest BCUT2D eigenvalue weighted by molar-refractivity contribution is 7.88. The number of rotatable bonds is 5. The summed E-state index contributed by atoms with van der Waals surface area (Å²) in [5.41, 5.74) is 1.42. The number of carbonyl (C=O) groups excluding carboxylic acids is 2. The second-order valence-electron chi connectivity index (χ2n) is 3.71. The summed E-state index contributed by atoms with van der Waals surface area (Å²) < 4.78 is 24.0. The van der Waals surface area contributed by atoms with E-state index >= 15 is 0 Å². The van der Waals surface area contributed by atoms with E-state index in [4.69, 9.17) is 5.21 Å². The summed E-state index contributed by atoms with van der Waals surface area (Å²) >= 11 is 0. The Hall–Kier alpha value is -1.19. The molecule has 0 saturated carbocycles. The van der Waals surface area contributed by atoms with Crippen molar-refractivity contribution in [3.05, 3.63) is 0 Å². The highest BCUT2D eigenvalue weighted by atomic mass is 32.2. The molecule has 0 spiro atoms. The third-order valence-corrected chi connectivity index (χ3v) is 2.96. The summed E-state index contributed by atoms with van der Waals surface area (Å²) in [6.45, 7) is 2.76. The number of nitrogens with one attached hydrogen (secondary N) is 2. The lowest BCUT2D eigenvalue weighted by atomic mass is 10.2. The fourth-order valence-corrected chi connectivity index (χ4v) is 1.88. The number of nitrogens with zero attached hydrogens (tertiary/aromatic N) is 1. The van der Waals surface area contributed by atoms with Gasteiger partial charge < -0.3 is 4.90 Å². The third-order valence-electron chi connectivity index (χ3n) is 2.18. The Labute approximate surface area is 100.0 Å². The van der Waals surface area contributed by atoms with Crippen molar-refractivity contribution in [3.63, 3.8) is 0 Å². The fourth-order valence-electron chi connectivity index (χ4n) is 1.14. The van der Waals surface area contributed by atoms with Crippen LogP contribution in [0.2, 0.25) is 0 Å². The average molecular weight is 267 g/mol. The van der Waals surface area contributed by atoms with Gasteiger partial charge in [-0.05, 0) is 13.8 Å². The Morgan fingerprint density at radius 1 is 1.29 bits per heavy atom. The summed E-state index contributed by atoms with van der Waals surface area (Å²) in [4.78, 5) is 23.8. The Bertz CT molecular complexity index is 394. The number of hydroxylamine groups is 1. The molecule has 0 aromatic heterocycles. The quantitative estimate of drug-likeness (QED) is 0.404. The minimum absolute atomic E-state index is 0.577. The molecule has 0 bridgehead atoms. The van der Waals surface area contributed by atoms with Crippen LogP contribution < -0.4 is 10.2 Å². The Balaban J connectivity index is 4.65. The summed E-state index contributed by atoms with van der Waals surface area (Å²) in [6.07, 6.45) is 0.931. The molecule has 0 saturated heterocycles. The predicted octanol–water partition coefficient (Wildman–Crippen LogP) is -1.72. The van der Waals surface area contributed by atoms with E-state index in [1.807, 2.05) is 0 Å². The lowest BCUT2D eigenvalue weighted by Crippen LogP contribution is -2.51. The molecule has 0 radical (unpaired) electrons. The van der Waals surface area contributed by atoms with Gasteiger partial charge in [0.05, 0.1) is 12.3 Å². The van der Waals surface area contributed by atoms with E-state index in [0.29, 0.717) is 0 Å². The normalized spacial score (nSPS) is 14.9. The molecular formula is C8H17N3O5S. The summed E-state index contributed by atoms with van der Waals surface area (Å²) in [5, 5.41) is 8.41. The van der Waals surface area contributed by atoms with Crippen molar-refractivity contribution in [1.82, 2.24) is 15.1 Å². The van der Waals surface area contributed by atoms with Crippen LogP contribution in [0.1, 0.15) is 13.8 Å². The van der Waals surface area contributed by atoms with Crippen molar-refractivity contribution in [1.29, 1.82) is 0 Å². The Morgan fingerprint density at radius 3 is 2.12 bits per heavy atom. The van der Waals surface area contributed by atoms with Gasteiger partial charge in [-0.1, -0.05) is 0 Å². The van der Waals surface area contributed by atoms with Gasteiger partial charge in [0.2, 0.25) is 15.9 Å². The van der Waals surface area contributed by atoms with Crippen molar-refractivity contribution in [2.24, 2.45) is 0 Å². The van der Waals surface area contributed by atoms with Gasteiger partial charge in [-0.15, -0.1) is 0 Å². The van der Waals surface area contributed by atoms with Gasteiger partial charge in [0, 0.05) is 7.05 Å². The van der Waals surface area contributed by atoms with Crippen LogP contribution >= 0.6 is 0 Å². The van der Waals surface area contributed by atoms with Gasteiger partial charge in [-0.25, -0.2) is 18.6 Å². The number of hydrogen-bond acceptors (Lipinski definition) is 5. The molecule has 100 valence electrons. The molecule has 2 amide bonds. The van der Waals surface area contributed by atoms with Gasteiger partial charge in [-0.2, -0.15) is 0 Å². The summed E-state index contributed by atoms with van der Waals surface area (Å²) in [5.74, 6) is -1.33. The molecular weight excluding hydrogens is 250 g/mol. The lowest BCUT2D eigenvalue weighted by Gasteiger charge is -2.26. The minimum Gasteiger partial charge on any atom is -0.333 e. The maximum atomic E-state index is 11.7. The molecule has 2 unspecified atom stereocenters. The smallest absolute Gasteiger partial charge is 0.265 e. The number of amides is 2. The molecule has 0 aliphatic heterocycles. The van der Waals surface area contributed by atoms with E-state index in [9.17, 15) is 18.0 Å². The summed E-state index contributed by atoms with van der Waals surface area (Å²) in [6, 6.07) is -1.89. The van der Waals surface area contributed by atoms with E-state index in [2.05, 4.69) is 4.72 Å². The molecule has 2 atom stereocenters. The molecule has 0 aliphatic carbocycles. The van der Waals surface area contributed by atoms with Gasteiger partial charge in [0.1, 0.15) is 6.04 Å². The predicted molar refractivity (Wildman–Crippen MR) is 59.6 cm³/mol. The van der Waals surface area contributed by atoms with Crippen LogP contribution in [0.5, 0.6) is 0 Å². The largest absolute Gasteiger partial charge is 0.333 e.